The van der Waals surface area contributed by atoms with Crippen molar-refractivity contribution in [1.29, 1.82) is 0 Å². The molecule has 2 saturated heterocycles. The molecule has 5 heterocycles. The first-order valence-electron chi connectivity index (χ1n) is 15.8. The first-order chi connectivity index (χ1) is 23.3. The van der Waals surface area contributed by atoms with Gasteiger partial charge in [0.05, 0.1) is 24.8 Å². The average molecular weight is 715 g/mol. The fourth-order valence-electron chi connectivity index (χ4n) is 6.89. The van der Waals surface area contributed by atoms with Gasteiger partial charge in [-0.3, -0.25) is 19.5 Å². The standard InChI is InChI=1S/C33H33F7N4O4S/c34-23-5-4-22-19-43(12-6-21(22)17-23)30(46)31(48-24-18-27(49-20-24)33(38,39)40)8-2-10-44(26(31)7-11-42-13-15-47-16-14-42)29(45)28-25(32(35,36)37)3-1-9-41-28/h1,3-5,9,17-18,20,26H,2,6-8,10-16,19H2/t26-,31-/m1/s1. The maximum atomic E-state index is 14.9. The number of pyridine rings is 1. The number of piperidine rings is 1. The Morgan fingerprint density at radius 2 is 1.78 bits per heavy atom. The van der Waals surface area contributed by atoms with Gasteiger partial charge in [0, 0.05) is 63.3 Å². The highest BCUT2D eigenvalue weighted by molar-refractivity contribution is 7.10. The predicted octanol–water partition coefficient (Wildman–Crippen LogP) is 6.05. The van der Waals surface area contributed by atoms with Gasteiger partial charge < -0.3 is 19.3 Å². The van der Waals surface area contributed by atoms with Crippen LogP contribution in [0.3, 0.4) is 0 Å². The van der Waals surface area contributed by atoms with Crippen LogP contribution in [0.2, 0.25) is 0 Å². The second-order valence-corrected chi connectivity index (χ2v) is 13.2. The monoisotopic (exact) mass is 714 g/mol. The SMILES string of the molecule is O=C(c1ncccc1C(F)(F)F)N1CCC[C@](Oc2csc(C(F)(F)F)c2)(C(=O)N2CCc3cc(F)ccc3C2)[C@H]1CCN1CCOCC1. The summed E-state index contributed by atoms with van der Waals surface area (Å²) >= 11 is 0.381. The van der Waals surface area contributed by atoms with Crippen molar-refractivity contribution in [2.24, 2.45) is 0 Å². The number of carbonyl (C=O) groups is 2. The first kappa shape index (κ1) is 35.1. The first-order valence-corrected chi connectivity index (χ1v) is 16.7. The number of nitrogens with zero attached hydrogens (tertiary/aromatic N) is 4. The van der Waals surface area contributed by atoms with Crippen molar-refractivity contribution in [3.05, 3.63) is 81.1 Å². The third-order valence-corrected chi connectivity index (χ3v) is 10.2. The topological polar surface area (TPSA) is 75.2 Å². The number of halogens is 7. The Morgan fingerprint density at radius 1 is 1.00 bits per heavy atom. The van der Waals surface area contributed by atoms with E-state index in [2.05, 4.69) is 4.98 Å². The van der Waals surface area contributed by atoms with Gasteiger partial charge in [0.1, 0.15) is 22.1 Å². The van der Waals surface area contributed by atoms with Crippen LogP contribution in [0.1, 0.15) is 51.3 Å². The van der Waals surface area contributed by atoms with Crippen LogP contribution in [-0.4, -0.2) is 89.1 Å². The summed E-state index contributed by atoms with van der Waals surface area (Å²) in [6.45, 7) is 2.33. The molecule has 2 atom stereocenters. The Kier molecular flexibility index (Phi) is 9.93. The van der Waals surface area contributed by atoms with E-state index in [4.69, 9.17) is 9.47 Å². The minimum Gasteiger partial charge on any atom is -0.474 e. The second-order valence-electron chi connectivity index (χ2n) is 12.3. The van der Waals surface area contributed by atoms with Crippen molar-refractivity contribution in [3.63, 3.8) is 0 Å². The van der Waals surface area contributed by atoms with E-state index in [1.807, 2.05) is 4.90 Å². The summed E-state index contributed by atoms with van der Waals surface area (Å²) in [4.78, 5) is 36.6. The number of hydrogen-bond donors (Lipinski definition) is 0. The van der Waals surface area contributed by atoms with E-state index in [0.717, 1.165) is 29.8 Å². The second kappa shape index (κ2) is 13.9. The number of alkyl halides is 6. The number of hydrogen-bond acceptors (Lipinski definition) is 7. The van der Waals surface area contributed by atoms with Crippen molar-refractivity contribution >= 4 is 23.2 Å². The van der Waals surface area contributed by atoms with E-state index in [0.29, 0.717) is 55.3 Å². The van der Waals surface area contributed by atoms with Crippen LogP contribution >= 0.6 is 11.3 Å². The number of amides is 2. The summed E-state index contributed by atoms with van der Waals surface area (Å²) in [5, 5.41) is 1.13. The Hall–Kier alpha value is -3.76. The Labute approximate surface area is 281 Å². The smallest absolute Gasteiger partial charge is 0.425 e. The molecule has 0 spiro atoms. The molecular weight excluding hydrogens is 681 g/mol. The lowest BCUT2D eigenvalue weighted by Crippen LogP contribution is -2.68. The molecule has 0 aliphatic carbocycles. The van der Waals surface area contributed by atoms with Gasteiger partial charge in [-0.25, -0.2) is 4.39 Å². The predicted molar refractivity (Wildman–Crippen MR) is 163 cm³/mol. The zero-order chi connectivity index (χ0) is 35.0. The maximum Gasteiger partial charge on any atom is 0.425 e. The lowest BCUT2D eigenvalue weighted by molar-refractivity contribution is -0.160. The van der Waals surface area contributed by atoms with Gasteiger partial charge in [0.15, 0.2) is 0 Å². The summed E-state index contributed by atoms with van der Waals surface area (Å²) < 4.78 is 109. The van der Waals surface area contributed by atoms with Crippen LogP contribution < -0.4 is 4.74 Å². The van der Waals surface area contributed by atoms with Crippen LogP contribution in [0.4, 0.5) is 30.7 Å². The highest BCUT2D eigenvalue weighted by Crippen LogP contribution is 2.43. The number of ether oxygens (including phenoxy) is 2. The third-order valence-electron chi connectivity index (χ3n) is 9.25. The van der Waals surface area contributed by atoms with Gasteiger partial charge in [-0.05, 0) is 54.7 Å². The third kappa shape index (κ3) is 7.41. The number of carbonyl (C=O) groups excluding carboxylic acids is 2. The van der Waals surface area contributed by atoms with Crippen molar-refractivity contribution in [3.8, 4) is 5.75 Å². The molecule has 16 heteroatoms. The lowest BCUT2D eigenvalue weighted by atomic mass is 9.79. The summed E-state index contributed by atoms with van der Waals surface area (Å²) in [6, 6.07) is 5.60. The molecule has 3 aliphatic rings. The summed E-state index contributed by atoms with van der Waals surface area (Å²) in [7, 11) is 0. The van der Waals surface area contributed by atoms with E-state index in [-0.39, 0.29) is 51.1 Å². The number of likely N-dealkylation sites (tertiary alicyclic amines) is 1. The van der Waals surface area contributed by atoms with Gasteiger partial charge in [0.25, 0.3) is 11.8 Å². The molecule has 6 rings (SSSR count). The van der Waals surface area contributed by atoms with Crippen LogP contribution in [0.25, 0.3) is 0 Å². The molecule has 0 unspecified atom stereocenters. The molecule has 264 valence electrons. The molecule has 3 aliphatic heterocycles. The number of thiophene rings is 1. The molecule has 2 aromatic heterocycles. The van der Waals surface area contributed by atoms with E-state index >= 15 is 0 Å². The molecule has 0 bridgehead atoms. The molecule has 3 aromatic rings. The van der Waals surface area contributed by atoms with Gasteiger partial charge in [0.2, 0.25) is 5.60 Å². The van der Waals surface area contributed by atoms with Gasteiger partial charge in [-0.2, -0.15) is 26.3 Å². The number of rotatable bonds is 7. The summed E-state index contributed by atoms with van der Waals surface area (Å²) in [6.07, 6.45) is -8.11. The fourth-order valence-corrected chi connectivity index (χ4v) is 7.57. The van der Waals surface area contributed by atoms with Crippen LogP contribution in [0.5, 0.6) is 5.75 Å². The normalized spacial score (nSPS) is 22.1. The summed E-state index contributed by atoms with van der Waals surface area (Å²) in [5.74, 6) is -2.37. The lowest BCUT2D eigenvalue weighted by Gasteiger charge is -2.50. The number of aromatic nitrogens is 1. The zero-order valence-electron chi connectivity index (χ0n) is 26.2. The van der Waals surface area contributed by atoms with E-state index < -0.39 is 57.8 Å². The van der Waals surface area contributed by atoms with Gasteiger partial charge in [-0.1, -0.05) is 6.07 Å². The highest BCUT2D eigenvalue weighted by atomic mass is 32.1. The van der Waals surface area contributed by atoms with E-state index in [1.54, 1.807) is 6.07 Å². The molecule has 49 heavy (non-hydrogen) atoms. The maximum absolute atomic E-state index is 14.9. The number of morpholine rings is 1. The number of benzene rings is 1. The Bertz CT molecular complexity index is 1680. The minimum atomic E-state index is -4.91. The fraction of sp³-hybridized carbons (Fsp3) is 0.485. The Morgan fingerprint density at radius 3 is 2.49 bits per heavy atom. The molecular formula is C33H33F7N4O4S. The molecule has 0 radical (unpaired) electrons. The van der Waals surface area contributed by atoms with Crippen LogP contribution in [-0.2, 0) is 34.8 Å². The van der Waals surface area contributed by atoms with Crippen molar-refractivity contribution in [1.82, 2.24) is 19.7 Å². The molecule has 0 N–H and O–H groups in total. The minimum absolute atomic E-state index is 0.0261. The molecule has 8 nitrogen and oxygen atoms in total. The van der Waals surface area contributed by atoms with Gasteiger partial charge in [-0.15, -0.1) is 11.3 Å². The summed E-state index contributed by atoms with van der Waals surface area (Å²) in [5.41, 5.74) is -2.70. The van der Waals surface area contributed by atoms with E-state index in [1.165, 1.54) is 21.9 Å². The highest BCUT2D eigenvalue weighted by Gasteiger charge is 2.56. The van der Waals surface area contributed by atoms with Crippen LogP contribution in [0, 0.1) is 5.82 Å². The number of fused-ring (bicyclic) bond motifs is 1. The average Bonchev–Trinajstić information content (AvgIpc) is 3.56. The zero-order valence-corrected chi connectivity index (χ0v) is 27.0. The van der Waals surface area contributed by atoms with Crippen molar-refractivity contribution < 1.29 is 49.8 Å². The van der Waals surface area contributed by atoms with Gasteiger partial charge >= 0.3 is 12.4 Å². The van der Waals surface area contributed by atoms with Crippen molar-refractivity contribution in [2.45, 2.75) is 56.2 Å². The molecule has 1 aromatic carbocycles. The van der Waals surface area contributed by atoms with Crippen molar-refractivity contribution in [2.75, 3.05) is 45.9 Å². The largest absolute Gasteiger partial charge is 0.474 e. The van der Waals surface area contributed by atoms with Crippen LogP contribution in [0.15, 0.2) is 48.0 Å². The molecule has 0 saturated carbocycles. The molecule has 2 fully saturated rings. The van der Waals surface area contributed by atoms with E-state index in [9.17, 15) is 40.3 Å². The Balaban J connectivity index is 1.44. The quantitative estimate of drug-likeness (QED) is 0.278. The molecule has 2 amide bonds.